The fourth-order valence-electron chi connectivity index (χ4n) is 4.50. The van der Waals surface area contributed by atoms with Gasteiger partial charge in [0, 0.05) is 12.0 Å². The molecule has 2 aliphatic heterocycles. The Morgan fingerprint density at radius 1 is 1.20 bits per heavy atom. The van der Waals surface area contributed by atoms with Crippen LogP contribution in [-0.2, 0) is 15.0 Å². The highest BCUT2D eigenvalue weighted by Gasteiger charge is 2.57. The molecule has 1 atom stereocenters. The van der Waals surface area contributed by atoms with E-state index in [0.717, 1.165) is 11.3 Å². The number of hydrogen-bond donors (Lipinski definition) is 1. The first-order valence-corrected chi connectivity index (χ1v) is 9.47. The third-order valence-electron chi connectivity index (χ3n) is 5.83. The topological polar surface area (TPSA) is 67.2 Å². The molecule has 0 fully saturated rings. The highest BCUT2D eigenvalue weighted by Crippen LogP contribution is 2.52. The van der Waals surface area contributed by atoms with E-state index in [0.29, 0.717) is 22.6 Å². The predicted octanol–water partition coefficient (Wildman–Crippen LogP) is 2.93. The number of anilines is 2. The fourth-order valence-corrected chi connectivity index (χ4v) is 4.50. The van der Waals surface area contributed by atoms with Crippen LogP contribution in [0.4, 0.5) is 15.9 Å². The molecule has 30 heavy (non-hydrogen) atoms. The standard InChI is InChI=1S/C23H17FN4O2/c1-3-10-27-19-11-15(24)8-9-16(19)23(22(27)30)12-20(29)26-21-17(23)13-25-28(21)18-7-5-4-6-14(18)2/h1,4-9,11,13H,10,12H2,2H3,(H,26,29). The van der Waals surface area contributed by atoms with Crippen molar-refractivity contribution in [2.45, 2.75) is 18.8 Å². The number of nitrogens with one attached hydrogen (secondary N) is 1. The molecule has 2 aromatic carbocycles. The molecule has 7 heteroatoms. The summed E-state index contributed by atoms with van der Waals surface area (Å²) < 4.78 is 15.6. The third-order valence-corrected chi connectivity index (χ3v) is 5.83. The van der Waals surface area contributed by atoms with Crippen LogP contribution < -0.4 is 10.2 Å². The first-order valence-electron chi connectivity index (χ1n) is 9.47. The molecule has 148 valence electrons. The molecule has 0 bridgehead atoms. The molecule has 3 aromatic rings. The van der Waals surface area contributed by atoms with Gasteiger partial charge < -0.3 is 5.32 Å². The summed E-state index contributed by atoms with van der Waals surface area (Å²) in [4.78, 5) is 27.8. The van der Waals surface area contributed by atoms with Gasteiger partial charge in [-0.15, -0.1) is 6.42 Å². The van der Waals surface area contributed by atoms with Crippen LogP contribution in [0.2, 0.25) is 0 Å². The third kappa shape index (κ3) is 2.28. The van der Waals surface area contributed by atoms with E-state index in [1.165, 1.54) is 17.0 Å². The molecule has 2 aliphatic rings. The number of fused-ring (bicyclic) bond motifs is 4. The quantitative estimate of drug-likeness (QED) is 0.673. The monoisotopic (exact) mass is 400 g/mol. The molecule has 1 unspecified atom stereocenters. The summed E-state index contributed by atoms with van der Waals surface area (Å²) in [7, 11) is 0. The number of aryl methyl sites for hydroxylation is 1. The van der Waals surface area contributed by atoms with E-state index in [2.05, 4.69) is 16.3 Å². The molecule has 5 rings (SSSR count). The van der Waals surface area contributed by atoms with Crippen LogP contribution in [0.3, 0.4) is 0 Å². The highest BCUT2D eigenvalue weighted by molar-refractivity contribution is 6.16. The first kappa shape index (κ1) is 18.1. The first-order chi connectivity index (χ1) is 14.5. The molecule has 1 N–H and O–H groups in total. The Labute approximate surface area is 172 Å². The molecule has 3 heterocycles. The number of hydrogen-bond acceptors (Lipinski definition) is 3. The number of carbonyl (C=O) groups excluding carboxylic acids is 2. The maximum absolute atomic E-state index is 14.0. The normalized spacial score (nSPS) is 19.4. The fraction of sp³-hybridized carbons (Fsp3) is 0.174. The van der Waals surface area contributed by atoms with Crippen molar-refractivity contribution in [1.82, 2.24) is 9.78 Å². The number of nitrogens with zero attached hydrogens (tertiary/aromatic N) is 3. The van der Waals surface area contributed by atoms with Crippen molar-refractivity contribution < 1.29 is 14.0 Å². The van der Waals surface area contributed by atoms with Gasteiger partial charge in [-0.3, -0.25) is 14.5 Å². The number of aromatic nitrogens is 2. The largest absolute Gasteiger partial charge is 0.310 e. The van der Waals surface area contributed by atoms with E-state index in [-0.39, 0.29) is 24.8 Å². The summed E-state index contributed by atoms with van der Waals surface area (Å²) >= 11 is 0. The molecule has 0 saturated heterocycles. The Balaban J connectivity index is 1.79. The van der Waals surface area contributed by atoms with Crippen molar-refractivity contribution >= 4 is 23.3 Å². The zero-order valence-corrected chi connectivity index (χ0v) is 16.1. The number of carbonyl (C=O) groups is 2. The summed E-state index contributed by atoms with van der Waals surface area (Å²) in [6.45, 7) is 1.93. The summed E-state index contributed by atoms with van der Waals surface area (Å²) in [5.74, 6) is 1.76. The van der Waals surface area contributed by atoms with Gasteiger partial charge >= 0.3 is 0 Å². The lowest BCUT2D eigenvalue weighted by Crippen LogP contribution is -2.46. The zero-order chi connectivity index (χ0) is 21.0. The lowest BCUT2D eigenvalue weighted by Gasteiger charge is -2.32. The molecule has 2 amide bonds. The van der Waals surface area contributed by atoms with E-state index in [4.69, 9.17) is 6.42 Å². The number of benzene rings is 2. The number of terminal acetylenes is 1. The van der Waals surface area contributed by atoms with Gasteiger partial charge in [0.1, 0.15) is 17.1 Å². The summed E-state index contributed by atoms with van der Waals surface area (Å²) in [6, 6.07) is 11.8. The van der Waals surface area contributed by atoms with E-state index < -0.39 is 11.2 Å². The number of halogens is 1. The van der Waals surface area contributed by atoms with E-state index in [1.54, 1.807) is 16.9 Å². The Morgan fingerprint density at radius 3 is 2.77 bits per heavy atom. The lowest BCUT2D eigenvalue weighted by atomic mass is 9.72. The van der Waals surface area contributed by atoms with Crippen molar-refractivity contribution in [1.29, 1.82) is 0 Å². The molecular formula is C23H17FN4O2. The SMILES string of the molecule is C#CCN1C(=O)C2(CC(=O)Nc3c2cnn3-c2ccccc2C)c2ccc(F)cc21. The van der Waals surface area contributed by atoms with Gasteiger partial charge in [0.05, 0.1) is 24.1 Å². The van der Waals surface area contributed by atoms with Crippen LogP contribution in [0.1, 0.15) is 23.1 Å². The highest BCUT2D eigenvalue weighted by atomic mass is 19.1. The molecule has 0 radical (unpaired) electrons. The van der Waals surface area contributed by atoms with E-state index >= 15 is 0 Å². The van der Waals surface area contributed by atoms with Gasteiger partial charge in [0.2, 0.25) is 11.8 Å². The van der Waals surface area contributed by atoms with Gasteiger partial charge in [0.15, 0.2) is 0 Å². The summed E-state index contributed by atoms with van der Waals surface area (Å²) in [6.07, 6.45) is 6.97. The second kappa shape index (κ2) is 6.29. The Hall–Kier alpha value is -3.92. The van der Waals surface area contributed by atoms with Crippen LogP contribution in [0, 0.1) is 25.1 Å². The van der Waals surface area contributed by atoms with Gasteiger partial charge in [0.25, 0.3) is 0 Å². The Bertz CT molecular complexity index is 1270. The van der Waals surface area contributed by atoms with Gasteiger partial charge in [-0.05, 0) is 36.2 Å². The van der Waals surface area contributed by atoms with Crippen molar-refractivity contribution in [2.24, 2.45) is 0 Å². The van der Waals surface area contributed by atoms with Crippen molar-refractivity contribution in [2.75, 3.05) is 16.8 Å². The number of amides is 2. The average molecular weight is 400 g/mol. The number of rotatable bonds is 2. The predicted molar refractivity (Wildman–Crippen MR) is 110 cm³/mol. The minimum Gasteiger partial charge on any atom is -0.310 e. The molecule has 0 aliphatic carbocycles. The van der Waals surface area contributed by atoms with Crippen LogP contribution in [0.25, 0.3) is 5.69 Å². The van der Waals surface area contributed by atoms with Crippen molar-refractivity contribution in [3.05, 3.63) is 71.2 Å². The summed E-state index contributed by atoms with van der Waals surface area (Å²) in [5, 5.41) is 7.37. The molecule has 0 saturated carbocycles. The van der Waals surface area contributed by atoms with Gasteiger partial charge in [-0.1, -0.05) is 30.2 Å². The molecule has 6 nitrogen and oxygen atoms in total. The lowest BCUT2D eigenvalue weighted by molar-refractivity contribution is -0.126. The average Bonchev–Trinajstić information content (AvgIpc) is 3.23. The van der Waals surface area contributed by atoms with Crippen LogP contribution >= 0.6 is 0 Å². The van der Waals surface area contributed by atoms with Crippen LogP contribution in [-0.4, -0.2) is 28.1 Å². The van der Waals surface area contributed by atoms with Gasteiger partial charge in [-0.25, -0.2) is 9.07 Å². The zero-order valence-electron chi connectivity index (χ0n) is 16.1. The van der Waals surface area contributed by atoms with Crippen molar-refractivity contribution in [3.63, 3.8) is 0 Å². The Kier molecular flexibility index (Phi) is 3.80. The second-order valence-electron chi connectivity index (χ2n) is 7.49. The minimum absolute atomic E-state index is 0.0140. The molecular weight excluding hydrogens is 383 g/mol. The van der Waals surface area contributed by atoms with E-state index in [9.17, 15) is 14.0 Å². The van der Waals surface area contributed by atoms with Crippen LogP contribution in [0.15, 0.2) is 48.7 Å². The number of para-hydroxylation sites is 1. The second-order valence-corrected chi connectivity index (χ2v) is 7.49. The molecule has 1 spiro atoms. The van der Waals surface area contributed by atoms with Gasteiger partial charge in [-0.2, -0.15) is 5.10 Å². The maximum Gasteiger partial charge on any atom is 0.243 e. The Morgan fingerprint density at radius 2 is 2.00 bits per heavy atom. The van der Waals surface area contributed by atoms with Crippen LogP contribution in [0.5, 0.6) is 0 Å². The summed E-state index contributed by atoms with van der Waals surface area (Å²) in [5.41, 5.74) is 1.99. The molecule has 1 aromatic heterocycles. The van der Waals surface area contributed by atoms with E-state index in [1.807, 2.05) is 31.2 Å². The minimum atomic E-state index is -1.29. The maximum atomic E-state index is 14.0. The smallest absolute Gasteiger partial charge is 0.243 e. The van der Waals surface area contributed by atoms with Crippen molar-refractivity contribution in [3.8, 4) is 18.0 Å².